The van der Waals surface area contributed by atoms with E-state index < -0.39 is 0 Å². The zero-order valence-electron chi connectivity index (χ0n) is 17.1. The van der Waals surface area contributed by atoms with Crippen molar-refractivity contribution in [2.24, 2.45) is 7.05 Å². The van der Waals surface area contributed by atoms with Crippen LogP contribution in [0.1, 0.15) is 30.7 Å². The van der Waals surface area contributed by atoms with Crippen molar-refractivity contribution in [3.05, 3.63) is 41.5 Å². The predicted molar refractivity (Wildman–Crippen MR) is 112 cm³/mol. The molecule has 0 radical (unpaired) electrons. The first kappa shape index (κ1) is 19.1. The summed E-state index contributed by atoms with van der Waals surface area (Å²) in [6.45, 7) is 6.89. The van der Waals surface area contributed by atoms with Crippen LogP contribution in [0.2, 0.25) is 0 Å². The van der Waals surface area contributed by atoms with Crippen LogP contribution in [-0.2, 0) is 18.2 Å². The summed E-state index contributed by atoms with van der Waals surface area (Å²) in [5.74, 6) is 6.40. The van der Waals surface area contributed by atoms with Crippen LogP contribution >= 0.6 is 0 Å². The summed E-state index contributed by atoms with van der Waals surface area (Å²) in [7, 11) is 1.92. The normalized spacial score (nSPS) is 15.8. The number of aromatic nitrogens is 3. The maximum absolute atomic E-state index is 12.0. The molecule has 2 aliphatic rings. The van der Waals surface area contributed by atoms with E-state index in [4.69, 9.17) is 4.74 Å². The first-order valence-electron chi connectivity index (χ1n) is 9.92. The van der Waals surface area contributed by atoms with Crippen molar-refractivity contribution in [3.8, 4) is 11.8 Å². The Labute approximate surface area is 171 Å². The third kappa shape index (κ3) is 3.58. The smallest absolute Gasteiger partial charge is 0.409 e. The number of ether oxygens (including phenoxy) is 1. The second-order valence-corrected chi connectivity index (χ2v) is 7.13. The van der Waals surface area contributed by atoms with Crippen LogP contribution in [0.5, 0.6) is 0 Å². The molecule has 0 atom stereocenters. The average Bonchev–Trinajstić information content (AvgIpc) is 3.32. The SMILES string of the molecule is CC#CC1=C(c2cnn(C)c2)Cc2nccc(N3CCN(C(=O)OCC)CC3)c21. The fraction of sp³-hybridized carbons (Fsp3) is 0.409. The maximum atomic E-state index is 12.0. The van der Waals surface area contributed by atoms with Crippen LogP contribution in [0.15, 0.2) is 24.7 Å². The number of hydrogen-bond acceptors (Lipinski definition) is 5. The Kier molecular flexibility index (Phi) is 5.26. The summed E-state index contributed by atoms with van der Waals surface area (Å²) in [4.78, 5) is 20.7. The van der Waals surface area contributed by atoms with E-state index in [1.165, 1.54) is 5.57 Å². The molecule has 0 aromatic carbocycles. The molecule has 1 aliphatic heterocycles. The van der Waals surface area contributed by atoms with Crippen LogP contribution in [0.25, 0.3) is 11.1 Å². The number of rotatable bonds is 3. The van der Waals surface area contributed by atoms with Crippen molar-refractivity contribution >= 4 is 22.9 Å². The van der Waals surface area contributed by atoms with Gasteiger partial charge in [-0.25, -0.2) is 4.79 Å². The molecule has 1 saturated heterocycles. The molecule has 150 valence electrons. The van der Waals surface area contributed by atoms with Gasteiger partial charge < -0.3 is 14.5 Å². The Balaban J connectivity index is 1.66. The van der Waals surface area contributed by atoms with Gasteiger partial charge in [0, 0.05) is 74.4 Å². The van der Waals surface area contributed by atoms with Crippen molar-refractivity contribution in [1.82, 2.24) is 19.7 Å². The molecule has 1 aliphatic carbocycles. The van der Waals surface area contributed by atoms with Crippen molar-refractivity contribution < 1.29 is 9.53 Å². The number of amides is 1. The Morgan fingerprint density at radius 1 is 1.28 bits per heavy atom. The van der Waals surface area contributed by atoms with Crippen molar-refractivity contribution in [2.75, 3.05) is 37.7 Å². The summed E-state index contributed by atoms with van der Waals surface area (Å²) in [6.07, 6.45) is 6.30. The van der Waals surface area contributed by atoms with Crippen molar-refractivity contribution in [3.63, 3.8) is 0 Å². The van der Waals surface area contributed by atoms with E-state index in [1.807, 2.05) is 44.2 Å². The fourth-order valence-electron chi connectivity index (χ4n) is 4.00. The molecule has 0 unspecified atom stereocenters. The lowest BCUT2D eigenvalue weighted by Crippen LogP contribution is -2.49. The minimum absolute atomic E-state index is 0.233. The molecular weight excluding hydrogens is 366 g/mol. The molecule has 2 aromatic rings. The number of pyridine rings is 1. The number of hydrogen-bond donors (Lipinski definition) is 0. The van der Waals surface area contributed by atoms with Gasteiger partial charge in [-0.05, 0) is 25.5 Å². The predicted octanol–water partition coefficient (Wildman–Crippen LogP) is 2.58. The molecule has 1 amide bonds. The second kappa shape index (κ2) is 8.00. The summed E-state index contributed by atoms with van der Waals surface area (Å²) >= 11 is 0. The average molecular weight is 391 g/mol. The summed E-state index contributed by atoms with van der Waals surface area (Å²) in [6, 6.07) is 2.06. The molecule has 0 spiro atoms. The van der Waals surface area contributed by atoms with Crippen LogP contribution in [0.3, 0.4) is 0 Å². The molecule has 0 N–H and O–H groups in total. The molecular formula is C22H25N5O2. The lowest BCUT2D eigenvalue weighted by molar-refractivity contribution is 0.105. The van der Waals surface area contributed by atoms with E-state index in [-0.39, 0.29) is 6.09 Å². The summed E-state index contributed by atoms with van der Waals surface area (Å²) in [5.41, 5.74) is 6.59. The van der Waals surface area contributed by atoms with E-state index in [0.29, 0.717) is 19.7 Å². The minimum Gasteiger partial charge on any atom is -0.450 e. The van der Waals surface area contributed by atoms with Crippen LogP contribution < -0.4 is 4.90 Å². The highest BCUT2D eigenvalue weighted by Crippen LogP contribution is 2.42. The largest absolute Gasteiger partial charge is 0.450 e. The number of carbonyl (C=O) groups excluding carboxylic acids is 1. The summed E-state index contributed by atoms with van der Waals surface area (Å²) < 4.78 is 6.95. The first-order valence-corrected chi connectivity index (χ1v) is 9.92. The molecule has 7 heteroatoms. The van der Waals surface area contributed by atoms with Gasteiger partial charge in [-0.1, -0.05) is 5.92 Å². The van der Waals surface area contributed by atoms with Gasteiger partial charge in [-0.2, -0.15) is 5.10 Å². The zero-order valence-corrected chi connectivity index (χ0v) is 17.1. The molecule has 7 nitrogen and oxygen atoms in total. The number of fused-ring (bicyclic) bond motifs is 1. The van der Waals surface area contributed by atoms with E-state index in [1.54, 1.807) is 4.90 Å². The fourth-order valence-corrected chi connectivity index (χ4v) is 4.00. The number of nitrogens with zero attached hydrogens (tertiary/aromatic N) is 5. The molecule has 29 heavy (non-hydrogen) atoms. The topological polar surface area (TPSA) is 63.5 Å². The minimum atomic E-state index is -0.233. The number of carbonyl (C=O) groups is 1. The zero-order chi connectivity index (χ0) is 20.4. The number of piperazine rings is 1. The Bertz CT molecular complexity index is 1020. The highest BCUT2D eigenvalue weighted by Gasteiger charge is 2.30. The van der Waals surface area contributed by atoms with Gasteiger partial charge in [0.15, 0.2) is 0 Å². The highest BCUT2D eigenvalue weighted by molar-refractivity contribution is 6.06. The first-order chi connectivity index (χ1) is 14.1. The highest BCUT2D eigenvalue weighted by atomic mass is 16.6. The van der Waals surface area contributed by atoms with E-state index in [9.17, 15) is 4.79 Å². The Morgan fingerprint density at radius 3 is 2.72 bits per heavy atom. The quantitative estimate of drug-likeness (QED) is 0.753. The van der Waals surface area contributed by atoms with Crippen LogP contribution in [0, 0.1) is 11.8 Å². The van der Waals surface area contributed by atoms with Gasteiger partial charge in [0.05, 0.1) is 18.5 Å². The molecule has 3 heterocycles. The molecule has 0 bridgehead atoms. The Morgan fingerprint density at radius 2 is 2.07 bits per heavy atom. The molecule has 1 fully saturated rings. The third-order valence-corrected chi connectivity index (χ3v) is 5.35. The lowest BCUT2D eigenvalue weighted by atomic mass is 10.0. The number of aryl methyl sites for hydroxylation is 1. The lowest BCUT2D eigenvalue weighted by Gasteiger charge is -2.36. The van der Waals surface area contributed by atoms with Gasteiger partial charge in [0.25, 0.3) is 0 Å². The van der Waals surface area contributed by atoms with Crippen molar-refractivity contribution in [1.29, 1.82) is 0 Å². The van der Waals surface area contributed by atoms with Gasteiger partial charge >= 0.3 is 6.09 Å². The second-order valence-electron chi connectivity index (χ2n) is 7.13. The maximum Gasteiger partial charge on any atom is 0.409 e. The van der Waals surface area contributed by atoms with Crippen LogP contribution in [0.4, 0.5) is 10.5 Å². The van der Waals surface area contributed by atoms with Gasteiger partial charge in [0.2, 0.25) is 0 Å². The Hall–Kier alpha value is -3.27. The molecule has 0 saturated carbocycles. The van der Waals surface area contributed by atoms with Gasteiger partial charge in [-0.3, -0.25) is 9.67 Å². The summed E-state index contributed by atoms with van der Waals surface area (Å²) in [5, 5.41) is 4.32. The van der Waals surface area contributed by atoms with Gasteiger partial charge in [0.1, 0.15) is 0 Å². The third-order valence-electron chi connectivity index (χ3n) is 5.35. The van der Waals surface area contributed by atoms with Gasteiger partial charge in [-0.15, -0.1) is 5.92 Å². The number of allylic oxidation sites excluding steroid dienone is 2. The van der Waals surface area contributed by atoms with E-state index in [2.05, 4.69) is 32.9 Å². The van der Waals surface area contributed by atoms with E-state index in [0.717, 1.165) is 47.6 Å². The van der Waals surface area contributed by atoms with Crippen LogP contribution in [-0.4, -0.2) is 58.5 Å². The van der Waals surface area contributed by atoms with Crippen molar-refractivity contribution in [2.45, 2.75) is 20.3 Å². The number of anilines is 1. The van der Waals surface area contributed by atoms with E-state index >= 15 is 0 Å². The monoisotopic (exact) mass is 391 g/mol. The molecule has 4 rings (SSSR count). The standard InChI is InChI=1S/C22H25N5O2/c1-4-6-17-18(16-14-24-25(3)15-16)13-19-21(17)20(7-8-23-19)26-9-11-27(12-10-26)22(28)29-5-2/h7-8,14-15H,5,9-13H2,1-3H3. The molecule has 2 aromatic heterocycles.